The lowest BCUT2D eigenvalue weighted by molar-refractivity contribution is -0.142. The van der Waals surface area contributed by atoms with Crippen LogP contribution in [0.15, 0.2) is 24.3 Å². The average molecular weight is 582 g/mol. The van der Waals surface area contributed by atoms with Crippen LogP contribution >= 0.6 is 11.6 Å². The van der Waals surface area contributed by atoms with Gasteiger partial charge in [-0.2, -0.15) is 8.42 Å². The van der Waals surface area contributed by atoms with Crippen molar-refractivity contribution < 1.29 is 35.8 Å². The molecule has 2 heterocycles. The molecule has 0 spiro atoms. The van der Waals surface area contributed by atoms with E-state index < -0.39 is 39.5 Å². The molecule has 3 fully saturated rings. The number of benzene rings is 1. The van der Waals surface area contributed by atoms with Gasteiger partial charge in [-0.1, -0.05) is 31.0 Å². The fraction of sp³-hybridized carbons (Fsp3) is 0.577. The summed E-state index contributed by atoms with van der Waals surface area (Å²) in [5.74, 6) is -0.788. The smallest absolute Gasteiger partial charge is 0.452 e. The minimum atomic E-state index is -4.54. The Labute approximate surface area is 232 Å². The van der Waals surface area contributed by atoms with Crippen LogP contribution in [-0.4, -0.2) is 61.7 Å². The summed E-state index contributed by atoms with van der Waals surface area (Å²) in [5.41, 5.74) is -1.69. The summed E-state index contributed by atoms with van der Waals surface area (Å²) in [6.45, 7) is 6.15. The second kappa shape index (κ2) is 10.4. The van der Waals surface area contributed by atoms with E-state index in [1.54, 1.807) is 25.1 Å². The van der Waals surface area contributed by atoms with Gasteiger partial charge in [0, 0.05) is 24.4 Å². The molecule has 1 aromatic heterocycles. The van der Waals surface area contributed by atoms with Gasteiger partial charge in [0.15, 0.2) is 0 Å². The molecule has 212 valence electrons. The summed E-state index contributed by atoms with van der Waals surface area (Å²) in [7, 11) is -4.54. The van der Waals surface area contributed by atoms with Crippen molar-refractivity contribution in [3.05, 3.63) is 29.3 Å². The van der Waals surface area contributed by atoms with Crippen LogP contribution < -0.4 is 20.1 Å². The van der Waals surface area contributed by atoms with E-state index in [1.165, 1.54) is 0 Å². The van der Waals surface area contributed by atoms with Gasteiger partial charge in [0.1, 0.15) is 17.4 Å². The van der Waals surface area contributed by atoms with Gasteiger partial charge in [0.2, 0.25) is 11.8 Å². The molecule has 2 N–H and O–H groups in total. The number of carbonyl (C=O) groups excluding carboxylic acids is 2. The maximum atomic E-state index is 13.2. The van der Waals surface area contributed by atoms with Crippen LogP contribution in [0, 0.1) is 5.92 Å². The molecule has 11 nitrogen and oxygen atoms in total. The SMILES string of the molecule is CCOc1cc(O[C@H]2CNC(C(=O)N[C@]3(C(=O)OS(=O)(=O)OC4(C)CC4)CC3CC)C2)c2cccc(Cl)c2n1. The van der Waals surface area contributed by atoms with Gasteiger partial charge in [0.05, 0.1) is 28.8 Å². The fourth-order valence-corrected chi connectivity index (χ4v) is 6.17. The number of aromatic nitrogens is 1. The van der Waals surface area contributed by atoms with Crippen molar-refractivity contribution in [3.63, 3.8) is 0 Å². The number of pyridine rings is 1. The van der Waals surface area contributed by atoms with Crippen LogP contribution in [0.5, 0.6) is 11.6 Å². The Morgan fingerprint density at radius 3 is 2.69 bits per heavy atom. The van der Waals surface area contributed by atoms with E-state index in [1.807, 2.05) is 19.9 Å². The molecule has 2 aromatic rings. The van der Waals surface area contributed by atoms with Crippen molar-refractivity contribution in [1.82, 2.24) is 15.6 Å². The molecule has 1 saturated heterocycles. The van der Waals surface area contributed by atoms with E-state index >= 15 is 0 Å². The summed E-state index contributed by atoms with van der Waals surface area (Å²) in [6, 6.07) is 6.43. The average Bonchev–Trinajstić information content (AvgIpc) is 3.72. The van der Waals surface area contributed by atoms with E-state index in [2.05, 4.69) is 15.6 Å². The molecular formula is C26H32ClN3O8S. The monoisotopic (exact) mass is 581 g/mol. The molecule has 2 unspecified atom stereocenters. The van der Waals surface area contributed by atoms with E-state index in [-0.39, 0.29) is 18.4 Å². The van der Waals surface area contributed by atoms with Crippen LogP contribution in [0.3, 0.4) is 0 Å². The number of hydrogen-bond donors (Lipinski definition) is 2. The first-order chi connectivity index (χ1) is 18.5. The third kappa shape index (κ3) is 5.93. The summed E-state index contributed by atoms with van der Waals surface area (Å²) in [4.78, 5) is 30.6. The Kier molecular flexibility index (Phi) is 7.42. The number of nitrogens with one attached hydrogen (secondary N) is 2. The second-order valence-corrected chi connectivity index (χ2v) is 12.1. The lowest BCUT2D eigenvalue weighted by Gasteiger charge is -2.21. The number of fused-ring (bicyclic) bond motifs is 1. The summed E-state index contributed by atoms with van der Waals surface area (Å²) in [5, 5.41) is 7.07. The van der Waals surface area contributed by atoms with Crippen molar-refractivity contribution in [2.24, 2.45) is 5.92 Å². The normalized spacial score (nSPS) is 27.1. The first-order valence-corrected chi connectivity index (χ1v) is 14.8. The number of halogens is 1. The molecule has 39 heavy (non-hydrogen) atoms. The van der Waals surface area contributed by atoms with Crippen molar-refractivity contribution >= 4 is 44.8 Å². The third-order valence-corrected chi connectivity index (χ3v) is 8.73. The Hall–Kier alpha value is -2.67. The maximum absolute atomic E-state index is 13.2. The largest absolute Gasteiger partial charge is 0.488 e. The highest BCUT2D eigenvalue weighted by atomic mass is 35.5. The minimum absolute atomic E-state index is 0.237. The van der Waals surface area contributed by atoms with Crippen molar-refractivity contribution in [3.8, 4) is 11.6 Å². The van der Waals surface area contributed by atoms with Gasteiger partial charge < -0.3 is 24.3 Å². The standard InChI is InChI=1S/C26H32ClN3O8S/c1-4-15-13-26(15,24(32)37-39(33,34)38-25(3)9-10-25)30-23(31)19-11-16(14-28-19)36-20-12-21(35-5-2)29-22-17(20)7-6-8-18(22)27/h6-8,12,15-16,19,28H,4-5,9-11,13-14H2,1-3H3,(H,30,31)/t15?,16-,19?,26-/m1/s1. The Bertz CT molecular complexity index is 1400. The summed E-state index contributed by atoms with van der Waals surface area (Å²) < 4.78 is 46.2. The van der Waals surface area contributed by atoms with Crippen LogP contribution in [0.2, 0.25) is 5.02 Å². The topological polar surface area (TPSA) is 142 Å². The van der Waals surface area contributed by atoms with Gasteiger partial charge in [0.25, 0.3) is 0 Å². The molecule has 1 aromatic carbocycles. The Balaban J connectivity index is 1.25. The van der Waals surface area contributed by atoms with E-state index in [4.69, 9.17) is 29.4 Å². The predicted molar refractivity (Wildman–Crippen MR) is 142 cm³/mol. The molecule has 0 radical (unpaired) electrons. The van der Waals surface area contributed by atoms with E-state index in [0.717, 1.165) is 0 Å². The maximum Gasteiger partial charge on any atom is 0.452 e. The molecule has 13 heteroatoms. The van der Waals surface area contributed by atoms with Crippen molar-refractivity contribution in [2.75, 3.05) is 13.2 Å². The first kappa shape index (κ1) is 27.9. The molecule has 3 aliphatic rings. The van der Waals surface area contributed by atoms with Gasteiger partial charge in [-0.3, -0.25) is 4.79 Å². The lowest BCUT2D eigenvalue weighted by Crippen LogP contribution is -2.52. The molecule has 5 rings (SSSR count). The predicted octanol–water partition coefficient (Wildman–Crippen LogP) is 3.04. The highest BCUT2D eigenvalue weighted by molar-refractivity contribution is 7.82. The van der Waals surface area contributed by atoms with Gasteiger partial charge in [-0.05, 0) is 51.2 Å². The quantitative estimate of drug-likeness (QED) is 0.406. The van der Waals surface area contributed by atoms with Gasteiger partial charge in [-0.15, -0.1) is 0 Å². The number of ether oxygens (including phenoxy) is 2. The number of amides is 1. The number of rotatable bonds is 11. The van der Waals surface area contributed by atoms with Crippen LogP contribution in [0.25, 0.3) is 10.9 Å². The fourth-order valence-electron chi connectivity index (χ4n) is 4.93. The Morgan fingerprint density at radius 1 is 1.26 bits per heavy atom. The zero-order valence-corrected chi connectivity index (χ0v) is 23.6. The zero-order valence-electron chi connectivity index (χ0n) is 22.0. The third-order valence-electron chi connectivity index (χ3n) is 7.47. The molecule has 2 saturated carbocycles. The number of carbonyl (C=O) groups is 2. The molecule has 4 atom stereocenters. The molecule has 2 aliphatic carbocycles. The molecule has 0 bridgehead atoms. The highest BCUT2D eigenvalue weighted by Crippen LogP contribution is 2.48. The van der Waals surface area contributed by atoms with Crippen LogP contribution in [-0.2, 0) is 28.4 Å². The van der Waals surface area contributed by atoms with Crippen molar-refractivity contribution in [1.29, 1.82) is 0 Å². The summed E-state index contributed by atoms with van der Waals surface area (Å²) in [6.07, 6.45) is 1.94. The molecule has 1 amide bonds. The van der Waals surface area contributed by atoms with E-state index in [9.17, 15) is 18.0 Å². The molecular weight excluding hydrogens is 550 g/mol. The van der Waals surface area contributed by atoms with Crippen LogP contribution in [0.4, 0.5) is 0 Å². The summed E-state index contributed by atoms with van der Waals surface area (Å²) >= 11 is 6.35. The zero-order chi connectivity index (χ0) is 28.0. The highest BCUT2D eigenvalue weighted by Gasteiger charge is 2.63. The van der Waals surface area contributed by atoms with Crippen molar-refractivity contribution in [2.45, 2.75) is 76.2 Å². The molecule has 1 aliphatic heterocycles. The lowest BCUT2D eigenvalue weighted by atomic mass is 10.1. The number of para-hydroxylation sites is 1. The first-order valence-electron chi connectivity index (χ1n) is 13.1. The second-order valence-electron chi connectivity index (χ2n) is 10.5. The Morgan fingerprint density at radius 2 is 2.03 bits per heavy atom. The van der Waals surface area contributed by atoms with Gasteiger partial charge >= 0.3 is 16.4 Å². The van der Waals surface area contributed by atoms with Gasteiger partial charge in [-0.25, -0.2) is 14.0 Å². The minimum Gasteiger partial charge on any atom is -0.488 e. The number of hydrogen-bond acceptors (Lipinski definition) is 10. The van der Waals surface area contributed by atoms with Crippen LogP contribution in [0.1, 0.15) is 52.9 Å². The number of nitrogens with zero attached hydrogens (tertiary/aromatic N) is 1. The van der Waals surface area contributed by atoms with E-state index in [0.29, 0.717) is 66.4 Å².